The van der Waals surface area contributed by atoms with Gasteiger partial charge in [0.2, 0.25) is 11.8 Å². The molecule has 0 aliphatic heterocycles. The van der Waals surface area contributed by atoms with Gasteiger partial charge in [-0.2, -0.15) is 0 Å². The molecule has 1 N–H and O–H groups in total. The topological polar surface area (TPSA) is 96.0 Å². The lowest BCUT2D eigenvalue weighted by Gasteiger charge is -2.34. The van der Waals surface area contributed by atoms with Crippen LogP contribution in [0.3, 0.4) is 0 Å². The molecule has 0 heterocycles. The van der Waals surface area contributed by atoms with Gasteiger partial charge in [-0.05, 0) is 80.3 Å². The molecule has 0 saturated heterocycles. The maximum absolute atomic E-state index is 14.2. The number of nitrogens with zero attached hydrogens (tertiary/aromatic N) is 2. The molecule has 3 rings (SSSR count). The predicted molar refractivity (Wildman–Crippen MR) is 163 cm³/mol. The van der Waals surface area contributed by atoms with Crippen LogP contribution >= 0.6 is 11.6 Å². The number of hydrogen-bond donors (Lipinski definition) is 1. The Balaban J connectivity index is 2.08. The molecule has 8 nitrogen and oxygen atoms in total. The van der Waals surface area contributed by atoms with Crippen LogP contribution in [0, 0.1) is 6.92 Å². The van der Waals surface area contributed by atoms with E-state index in [9.17, 15) is 18.0 Å². The van der Waals surface area contributed by atoms with Crippen LogP contribution in [0.1, 0.15) is 44.7 Å². The van der Waals surface area contributed by atoms with Gasteiger partial charge in [0, 0.05) is 17.6 Å². The number of carbonyl (C=O) groups excluding carboxylic acids is 2. The van der Waals surface area contributed by atoms with Gasteiger partial charge in [-0.3, -0.25) is 13.9 Å². The Kier molecular flexibility index (Phi) is 11.2. The molecule has 0 bridgehead atoms. The van der Waals surface area contributed by atoms with E-state index in [0.717, 1.165) is 16.3 Å². The minimum atomic E-state index is -4.17. The minimum Gasteiger partial charge on any atom is -0.497 e. The van der Waals surface area contributed by atoms with Crippen LogP contribution in [0.15, 0.2) is 77.7 Å². The number of sulfonamides is 1. The summed E-state index contributed by atoms with van der Waals surface area (Å²) >= 11 is 6.02. The van der Waals surface area contributed by atoms with Gasteiger partial charge in [0.15, 0.2) is 0 Å². The number of aryl methyl sites for hydroxylation is 1. The number of rotatable bonds is 13. The molecule has 0 saturated carbocycles. The number of carbonyl (C=O) groups is 2. The maximum Gasteiger partial charge on any atom is 0.264 e. The molecule has 0 aliphatic rings. The van der Waals surface area contributed by atoms with E-state index in [1.54, 1.807) is 50.4 Å². The van der Waals surface area contributed by atoms with Crippen LogP contribution in [-0.4, -0.2) is 50.9 Å². The second-order valence-corrected chi connectivity index (χ2v) is 12.2. The van der Waals surface area contributed by atoms with Gasteiger partial charge in [-0.15, -0.1) is 0 Å². The lowest BCUT2D eigenvalue weighted by Crippen LogP contribution is -2.53. The summed E-state index contributed by atoms with van der Waals surface area (Å²) in [6.07, 6.45) is 1.07. The van der Waals surface area contributed by atoms with Crippen LogP contribution in [0.25, 0.3) is 0 Å². The van der Waals surface area contributed by atoms with Gasteiger partial charge >= 0.3 is 0 Å². The predicted octanol–water partition coefficient (Wildman–Crippen LogP) is 5.57. The summed E-state index contributed by atoms with van der Waals surface area (Å²) in [5, 5.41) is 3.37. The van der Waals surface area contributed by atoms with Crippen molar-refractivity contribution in [3.05, 3.63) is 88.9 Å². The summed E-state index contributed by atoms with van der Waals surface area (Å²) in [7, 11) is -2.62. The molecule has 3 aromatic rings. The Labute approximate surface area is 248 Å². The number of anilines is 1. The molecule has 3 aromatic carbocycles. The van der Waals surface area contributed by atoms with E-state index in [1.807, 2.05) is 32.9 Å². The van der Waals surface area contributed by atoms with E-state index < -0.39 is 28.5 Å². The third kappa shape index (κ3) is 8.01. The highest BCUT2D eigenvalue weighted by molar-refractivity contribution is 7.92. The number of halogens is 1. The Morgan fingerprint density at radius 3 is 2.27 bits per heavy atom. The summed E-state index contributed by atoms with van der Waals surface area (Å²) in [5.74, 6) is -0.195. The molecule has 2 atom stereocenters. The molecule has 0 spiro atoms. The number of methoxy groups -OCH3 is 1. The first-order valence-corrected chi connectivity index (χ1v) is 15.4. The van der Waals surface area contributed by atoms with E-state index >= 15 is 0 Å². The summed E-state index contributed by atoms with van der Waals surface area (Å²) in [6.45, 7) is 7.06. The smallest absolute Gasteiger partial charge is 0.264 e. The average molecular weight is 600 g/mol. The first-order chi connectivity index (χ1) is 19.5. The molecule has 0 aliphatic carbocycles. The highest BCUT2D eigenvalue weighted by atomic mass is 35.5. The molecule has 0 fully saturated rings. The molecular formula is C31H38ClN3O5S. The van der Waals surface area contributed by atoms with Gasteiger partial charge in [0.05, 0.1) is 17.7 Å². The van der Waals surface area contributed by atoms with Gasteiger partial charge < -0.3 is 15.0 Å². The lowest BCUT2D eigenvalue weighted by atomic mass is 10.1. The van der Waals surface area contributed by atoms with Crippen molar-refractivity contribution in [2.75, 3.05) is 18.0 Å². The monoisotopic (exact) mass is 599 g/mol. The van der Waals surface area contributed by atoms with Crippen LogP contribution in [0.4, 0.5) is 5.69 Å². The van der Waals surface area contributed by atoms with Crippen molar-refractivity contribution in [2.45, 2.75) is 64.1 Å². The van der Waals surface area contributed by atoms with Gasteiger partial charge in [0.1, 0.15) is 18.3 Å². The highest BCUT2D eigenvalue weighted by Crippen LogP contribution is 2.28. The molecule has 2 amide bonds. The second kappa shape index (κ2) is 14.4. The zero-order valence-corrected chi connectivity index (χ0v) is 25.7. The number of benzene rings is 3. The Morgan fingerprint density at radius 1 is 0.976 bits per heavy atom. The van der Waals surface area contributed by atoms with Crippen LogP contribution in [-0.2, 0) is 26.2 Å². The number of hydrogen-bond acceptors (Lipinski definition) is 5. The van der Waals surface area contributed by atoms with Crippen molar-refractivity contribution in [1.29, 1.82) is 0 Å². The molecule has 220 valence electrons. The highest BCUT2D eigenvalue weighted by Gasteiger charge is 2.34. The summed E-state index contributed by atoms with van der Waals surface area (Å²) in [5.41, 5.74) is 1.79. The van der Waals surface area contributed by atoms with Gasteiger partial charge in [-0.25, -0.2) is 8.42 Å². The van der Waals surface area contributed by atoms with Crippen LogP contribution in [0.2, 0.25) is 5.02 Å². The third-order valence-electron chi connectivity index (χ3n) is 6.94. The van der Waals surface area contributed by atoms with E-state index in [4.69, 9.17) is 16.3 Å². The fourth-order valence-electron chi connectivity index (χ4n) is 4.42. The molecule has 0 aromatic heterocycles. The standard InChI is InChI=1S/C31H38ClN3O5S/c1-6-23(4)33-31(37)28(7-2)34(20-24-12-10-13-26(19-24)40-5)30(36)21-35(29-14-9-8-11-22(29)3)41(38,39)27-17-15-25(32)16-18-27/h8-19,23,28H,6-7,20-21H2,1-5H3,(H,33,37). The number of para-hydroxylation sites is 1. The first kappa shape index (κ1) is 32.0. The van der Waals surface area contributed by atoms with E-state index in [-0.39, 0.29) is 23.4 Å². The van der Waals surface area contributed by atoms with Crippen molar-refractivity contribution in [3.8, 4) is 5.75 Å². The number of ether oxygens (including phenoxy) is 1. The summed E-state index contributed by atoms with van der Waals surface area (Å²) in [6, 6.07) is 19.1. The van der Waals surface area contributed by atoms with E-state index in [0.29, 0.717) is 28.4 Å². The zero-order valence-electron chi connectivity index (χ0n) is 24.1. The van der Waals surface area contributed by atoms with Gasteiger partial charge in [0.25, 0.3) is 10.0 Å². The van der Waals surface area contributed by atoms with E-state index in [2.05, 4.69) is 5.32 Å². The van der Waals surface area contributed by atoms with Crippen molar-refractivity contribution in [1.82, 2.24) is 10.2 Å². The Hall–Kier alpha value is -3.56. The third-order valence-corrected chi connectivity index (χ3v) is 8.96. The minimum absolute atomic E-state index is 0.00106. The fraction of sp³-hybridized carbons (Fsp3) is 0.355. The maximum atomic E-state index is 14.2. The Morgan fingerprint density at radius 2 is 1.66 bits per heavy atom. The molecule has 41 heavy (non-hydrogen) atoms. The van der Waals surface area contributed by atoms with Crippen LogP contribution in [0.5, 0.6) is 5.75 Å². The van der Waals surface area contributed by atoms with Crippen molar-refractivity contribution >= 4 is 39.1 Å². The lowest BCUT2D eigenvalue weighted by molar-refractivity contribution is -0.140. The second-order valence-electron chi connectivity index (χ2n) is 9.87. The number of nitrogens with one attached hydrogen (secondary N) is 1. The van der Waals surface area contributed by atoms with Crippen LogP contribution < -0.4 is 14.4 Å². The first-order valence-electron chi connectivity index (χ1n) is 13.6. The zero-order chi connectivity index (χ0) is 30.2. The molecule has 2 unspecified atom stereocenters. The van der Waals surface area contributed by atoms with E-state index in [1.165, 1.54) is 29.2 Å². The largest absolute Gasteiger partial charge is 0.497 e. The van der Waals surface area contributed by atoms with Crippen molar-refractivity contribution in [2.24, 2.45) is 0 Å². The average Bonchev–Trinajstić information content (AvgIpc) is 2.96. The molecular weight excluding hydrogens is 562 g/mol. The van der Waals surface area contributed by atoms with Gasteiger partial charge in [-0.1, -0.05) is 55.8 Å². The number of amides is 2. The van der Waals surface area contributed by atoms with Crippen molar-refractivity contribution in [3.63, 3.8) is 0 Å². The quantitative estimate of drug-likeness (QED) is 0.277. The summed E-state index contributed by atoms with van der Waals surface area (Å²) < 4.78 is 34.4. The molecule has 10 heteroatoms. The SMILES string of the molecule is CCC(C)NC(=O)C(CC)N(Cc1cccc(OC)c1)C(=O)CN(c1ccccc1C)S(=O)(=O)c1ccc(Cl)cc1. The fourth-order valence-corrected chi connectivity index (χ4v) is 6.02. The Bertz CT molecular complexity index is 1450. The molecule has 0 radical (unpaired) electrons. The summed E-state index contributed by atoms with van der Waals surface area (Å²) in [4.78, 5) is 29.0. The normalized spacial score (nSPS) is 12.7. The van der Waals surface area contributed by atoms with Crippen molar-refractivity contribution < 1.29 is 22.7 Å².